The number of aromatic nitrogens is 3. The first-order chi connectivity index (χ1) is 19.1. The number of sulfone groups is 1. The molecule has 2 aliphatic rings. The zero-order valence-corrected chi connectivity index (χ0v) is 23.9. The molecule has 2 N–H and O–H groups in total. The van der Waals surface area contributed by atoms with E-state index in [1.807, 2.05) is 37.5 Å². The summed E-state index contributed by atoms with van der Waals surface area (Å²) in [5.41, 5.74) is 3.66. The summed E-state index contributed by atoms with van der Waals surface area (Å²) in [7, 11) is -3.63. The quantitative estimate of drug-likeness (QED) is 0.288. The number of pyridine rings is 1. The Hall–Kier alpha value is -3.70. The summed E-state index contributed by atoms with van der Waals surface area (Å²) in [6, 6.07) is 8.81. The molecule has 4 heterocycles. The van der Waals surface area contributed by atoms with E-state index in [1.54, 1.807) is 18.2 Å². The number of aryl methyl sites for hydroxylation is 3. The van der Waals surface area contributed by atoms with Crippen LogP contribution in [0.25, 0.3) is 22.5 Å². The van der Waals surface area contributed by atoms with Crippen molar-refractivity contribution in [3.63, 3.8) is 0 Å². The lowest BCUT2D eigenvalue weighted by Gasteiger charge is -2.25. The molecule has 4 aromatic rings. The molecule has 1 aliphatic carbocycles. The van der Waals surface area contributed by atoms with Gasteiger partial charge in [-0.05, 0) is 82.7 Å². The minimum atomic E-state index is -3.63. The van der Waals surface area contributed by atoms with Crippen LogP contribution in [0.4, 0.5) is 17.2 Å². The van der Waals surface area contributed by atoms with Crippen LogP contribution in [0.1, 0.15) is 55.5 Å². The fourth-order valence-electron chi connectivity index (χ4n) is 5.32. The van der Waals surface area contributed by atoms with E-state index in [0.29, 0.717) is 46.3 Å². The number of carbonyl (C=O) groups excluding carboxylic acids is 1. The maximum atomic E-state index is 13.0. The summed E-state index contributed by atoms with van der Waals surface area (Å²) in [6.45, 7) is 6.34. The number of fused-ring (bicyclic) bond motifs is 1. The number of rotatable bonds is 7. The largest absolute Gasteiger partial charge is 0.461 e. The summed E-state index contributed by atoms with van der Waals surface area (Å²) in [4.78, 5) is 22.4. The maximum Gasteiger partial charge on any atom is 0.228 e. The fourth-order valence-corrected chi connectivity index (χ4v) is 6.18. The molecule has 1 aromatic carbocycles. The van der Waals surface area contributed by atoms with E-state index in [0.717, 1.165) is 49.3 Å². The maximum absolute atomic E-state index is 13.0. The van der Waals surface area contributed by atoms with Gasteiger partial charge in [-0.1, -0.05) is 0 Å². The predicted octanol–water partition coefficient (Wildman–Crippen LogP) is 5.81. The minimum Gasteiger partial charge on any atom is -0.461 e. The van der Waals surface area contributed by atoms with E-state index >= 15 is 0 Å². The number of amides is 1. The molecule has 3 aromatic heterocycles. The SMILES string of the molecule is Cc1cc(C)c(-c2ccc(Nc3cc(NC(=O)C4CC4)nc4c3nc(C)n4C3CCCCO3)c(S(C)(=O)=O)c2)o1. The third kappa shape index (κ3) is 5.11. The molecule has 0 spiro atoms. The van der Waals surface area contributed by atoms with Gasteiger partial charge >= 0.3 is 0 Å². The first-order valence-corrected chi connectivity index (χ1v) is 15.5. The molecule has 210 valence electrons. The molecule has 1 saturated heterocycles. The van der Waals surface area contributed by atoms with Gasteiger partial charge in [-0.25, -0.2) is 18.4 Å². The van der Waals surface area contributed by atoms with Crippen LogP contribution in [0, 0.1) is 26.7 Å². The number of nitrogens with zero attached hydrogens (tertiary/aromatic N) is 3. The first-order valence-electron chi connectivity index (χ1n) is 13.6. The summed E-state index contributed by atoms with van der Waals surface area (Å²) in [5, 5.41) is 6.25. The Morgan fingerprint density at radius 1 is 1.02 bits per heavy atom. The molecule has 1 atom stereocenters. The molecule has 11 heteroatoms. The van der Waals surface area contributed by atoms with Gasteiger partial charge in [-0.3, -0.25) is 9.36 Å². The Labute approximate surface area is 233 Å². The van der Waals surface area contributed by atoms with E-state index in [9.17, 15) is 13.2 Å². The molecule has 1 unspecified atom stereocenters. The lowest BCUT2D eigenvalue weighted by atomic mass is 10.1. The van der Waals surface area contributed by atoms with Crippen molar-refractivity contribution in [2.75, 3.05) is 23.5 Å². The topological polar surface area (TPSA) is 128 Å². The smallest absolute Gasteiger partial charge is 0.228 e. The Morgan fingerprint density at radius 2 is 1.82 bits per heavy atom. The third-order valence-corrected chi connectivity index (χ3v) is 8.56. The second-order valence-corrected chi connectivity index (χ2v) is 12.8. The van der Waals surface area contributed by atoms with Gasteiger partial charge in [0.05, 0.1) is 16.3 Å². The monoisotopic (exact) mass is 563 g/mol. The summed E-state index contributed by atoms with van der Waals surface area (Å²) >= 11 is 0. The average molecular weight is 564 g/mol. The number of hydrogen-bond donors (Lipinski definition) is 2. The van der Waals surface area contributed by atoms with Crippen molar-refractivity contribution in [1.82, 2.24) is 14.5 Å². The van der Waals surface area contributed by atoms with E-state index in [-0.39, 0.29) is 22.9 Å². The second kappa shape index (κ2) is 10.0. The number of imidazole rings is 1. The van der Waals surface area contributed by atoms with Crippen molar-refractivity contribution < 1.29 is 22.4 Å². The minimum absolute atomic E-state index is 0.000284. The van der Waals surface area contributed by atoms with E-state index in [4.69, 9.17) is 19.1 Å². The lowest BCUT2D eigenvalue weighted by molar-refractivity contribution is -0.117. The standard InChI is InChI=1S/C29H33N5O5S/c1-16-13-17(2)39-27(16)20-10-11-21(23(14-20)40(4,36)37)31-22-15-24(33-29(35)19-8-9-19)32-28-26(22)30-18(3)34(28)25-7-5-6-12-38-25/h10-11,13-15,19,25H,5-9,12H2,1-4H3,(H2,31,32,33,35). The zero-order valence-electron chi connectivity index (χ0n) is 23.1. The van der Waals surface area contributed by atoms with E-state index < -0.39 is 9.84 Å². The summed E-state index contributed by atoms with van der Waals surface area (Å²) in [5.74, 6) is 2.42. The molecule has 0 radical (unpaired) electrons. The van der Waals surface area contributed by atoms with Crippen LogP contribution >= 0.6 is 0 Å². The highest BCUT2D eigenvalue weighted by Gasteiger charge is 2.31. The molecule has 0 bridgehead atoms. The van der Waals surface area contributed by atoms with Crippen molar-refractivity contribution in [3.8, 4) is 11.3 Å². The highest BCUT2D eigenvalue weighted by molar-refractivity contribution is 7.90. The Morgan fingerprint density at radius 3 is 2.48 bits per heavy atom. The average Bonchev–Trinajstić information content (AvgIpc) is 3.63. The summed E-state index contributed by atoms with van der Waals surface area (Å²) in [6.07, 6.45) is 5.58. The molecule has 1 amide bonds. The molecular weight excluding hydrogens is 530 g/mol. The molecule has 40 heavy (non-hydrogen) atoms. The lowest BCUT2D eigenvalue weighted by Crippen LogP contribution is -2.20. The Balaban J connectivity index is 1.47. The number of hydrogen-bond acceptors (Lipinski definition) is 8. The number of nitrogens with one attached hydrogen (secondary N) is 2. The van der Waals surface area contributed by atoms with Crippen LogP contribution in [0.3, 0.4) is 0 Å². The summed E-state index contributed by atoms with van der Waals surface area (Å²) < 4.78 is 39.8. The van der Waals surface area contributed by atoms with Gasteiger partial charge in [-0.2, -0.15) is 0 Å². The molecule has 1 saturated carbocycles. The van der Waals surface area contributed by atoms with Crippen molar-refractivity contribution in [2.45, 2.75) is 64.0 Å². The van der Waals surface area contributed by atoms with Gasteiger partial charge < -0.3 is 19.8 Å². The van der Waals surface area contributed by atoms with Crippen molar-refractivity contribution in [2.24, 2.45) is 5.92 Å². The number of furan rings is 1. The second-order valence-electron chi connectivity index (χ2n) is 10.8. The van der Waals surface area contributed by atoms with Crippen LogP contribution in [0.5, 0.6) is 0 Å². The van der Waals surface area contributed by atoms with Crippen molar-refractivity contribution >= 4 is 44.1 Å². The van der Waals surface area contributed by atoms with Crippen molar-refractivity contribution in [3.05, 3.63) is 47.5 Å². The van der Waals surface area contributed by atoms with Gasteiger partial charge in [-0.15, -0.1) is 0 Å². The zero-order chi connectivity index (χ0) is 28.2. The predicted molar refractivity (Wildman–Crippen MR) is 152 cm³/mol. The van der Waals surface area contributed by atoms with Crippen LogP contribution in [0.15, 0.2) is 39.6 Å². The van der Waals surface area contributed by atoms with Gasteiger partial charge in [0.15, 0.2) is 15.5 Å². The van der Waals surface area contributed by atoms with Gasteiger partial charge in [0.2, 0.25) is 5.91 Å². The van der Waals surface area contributed by atoms with Crippen LogP contribution < -0.4 is 10.6 Å². The highest BCUT2D eigenvalue weighted by atomic mass is 32.2. The molecule has 10 nitrogen and oxygen atoms in total. The van der Waals surface area contributed by atoms with Crippen molar-refractivity contribution in [1.29, 1.82) is 0 Å². The molecular formula is C29H33N5O5S. The van der Waals surface area contributed by atoms with Crippen LogP contribution in [0.2, 0.25) is 0 Å². The molecule has 6 rings (SSSR count). The first kappa shape index (κ1) is 26.5. The third-order valence-electron chi connectivity index (χ3n) is 7.42. The normalized spacial score (nSPS) is 17.8. The number of benzene rings is 1. The van der Waals surface area contributed by atoms with Crippen LogP contribution in [-0.2, 0) is 19.4 Å². The highest BCUT2D eigenvalue weighted by Crippen LogP contribution is 2.37. The molecule has 1 aliphatic heterocycles. The molecule has 2 fully saturated rings. The van der Waals surface area contributed by atoms with Gasteiger partial charge in [0.1, 0.15) is 34.9 Å². The number of anilines is 3. The van der Waals surface area contributed by atoms with Gasteiger partial charge in [0.25, 0.3) is 0 Å². The number of carbonyl (C=O) groups is 1. The number of ether oxygens (including phenoxy) is 1. The Kier molecular flexibility index (Phi) is 6.66. The fraction of sp³-hybridized carbons (Fsp3) is 0.414. The van der Waals surface area contributed by atoms with Crippen LogP contribution in [-0.4, -0.2) is 41.7 Å². The van der Waals surface area contributed by atoms with E-state index in [2.05, 4.69) is 10.6 Å². The Bertz CT molecular complexity index is 1730. The van der Waals surface area contributed by atoms with E-state index in [1.165, 1.54) is 6.26 Å². The van der Waals surface area contributed by atoms with Gasteiger partial charge in [0, 0.05) is 30.4 Å².